The highest BCUT2D eigenvalue weighted by atomic mass is 16.5. The zero-order chi connectivity index (χ0) is 17.6. The zero-order valence-electron chi connectivity index (χ0n) is 14.7. The fourth-order valence-corrected chi connectivity index (χ4v) is 7.44. The maximum Gasteiger partial charge on any atom is 0.407 e. The molecule has 7 aliphatic rings. The molecule has 5 nitrogen and oxygen atoms in total. The highest BCUT2D eigenvalue weighted by Crippen LogP contribution is 2.86. The largest absolute Gasteiger partial charge is 0.469 e. The standard InChI is InChI=1S/C21H23NO4/c1-25-20(23)18-16-12-10-7-11-13(16)15(11)17(14(10)12)19(18)22-21(24)26-8-9-5-3-2-4-6-9/h2-6,10-19H,7-8H2,1H3,(H,22,24)/t10?,11?,12?,13?,14?,15?,16?,17?,18-,19-/m0/s1. The van der Waals surface area contributed by atoms with E-state index >= 15 is 0 Å². The Kier molecular flexibility index (Phi) is 2.91. The van der Waals surface area contributed by atoms with E-state index in [0.717, 1.165) is 29.2 Å². The predicted octanol–water partition coefficient (Wildman–Crippen LogP) is 2.46. The summed E-state index contributed by atoms with van der Waals surface area (Å²) < 4.78 is 10.6. The van der Waals surface area contributed by atoms with Gasteiger partial charge in [0.15, 0.2) is 0 Å². The Bertz CT molecular complexity index is 757. The fourth-order valence-electron chi connectivity index (χ4n) is 7.44. The van der Waals surface area contributed by atoms with Crippen LogP contribution in [0.5, 0.6) is 0 Å². The molecule has 26 heavy (non-hydrogen) atoms. The summed E-state index contributed by atoms with van der Waals surface area (Å²) >= 11 is 0. The highest BCUT2D eigenvalue weighted by molar-refractivity contribution is 5.77. The van der Waals surface area contributed by atoms with E-state index in [1.165, 1.54) is 13.5 Å². The lowest BCUT2D eigenvalue weighted by Gasteiger charge is -2.46. The Morgan fingerprint density at radius 2 is 1.65 bits per heavy atom. The summed E-state index contributed by atoms with van der Waals surface area (Å²) in [4.78, 5) is 25.0. The van der Waals surface area contributed by atoms with Crippen molar-refractivity contribution in [3.63, 3.8) is 0 Å². The fraction of sp³-hybridized carbons (Fsp3) is 0.619. The molecule has 1 N–H and O–H groups in total. The van der Waals surface area contributed by atoms with Crippen molar-refractivity contribution < 1.29 is 19.1 Å². The molecule has 7 fully saturated rings. The number of alkyl carbamates (subject to hydrolysis) is 1. The summed E-state index contributed by atoms with van der Waals surface area (Å²) in [6.07, 6.45) is 0.944. The molecule has 136 valence electrons. The van der Waals surface area contributed by atoms with Gasteiger partial charge in [0.1, 0.15) is 6.61 Å². The van der Waals surface area contributed by atoms with Crippen LogP contribution in [0.1, 0.15) is 12.0 Å². The minimum absolute atomic E-state index is 0.117. The van der Waals surface area contributed by atoms with Gasteiger partial charge < -0.3 is 14.8 Å². The van der Waals surface area contributed by atoms with E-state index in [0.29, 0.717) is 23.7 Å². The molecule has 0 heterocycles. The van der Waals surface area contributed by atoms with E-state index in [1.807, 2.05) is 30.3 Å². The number of carbonyl (C=O) groups excluding carboxylic acids is 2. The molecule has 0 aromatic heterocycles. The van der Waals surface area contributed by atoms with Crippen LogP contribution < -0.4 is 5.32 Å². The van der Waals surface area contributed by atoms with Crippen LogP contribution in [0.15, 0.2) is 30.3 Å². The smallest absolute Gasteiger partial charge is 0.407 e. The van der Waals surface area contributed by atoms with E-state index in [4.69, 9.17) is 9.47 Å². The van der Waals surface area contributed by atoms with Crippen LogP contribution in [0.3, 0.4) is 0 Å². The number of fused-ring (bicyclic) bond motifs is 1. The highest BCUT2D eigenvalue weighted by Gasteiger charge is 2.85. The Balaban J connectivity index is 1.21. The Hall–Kier alpha value is -2.04. The first kappa shape index (κ1) is 15.1. The van der Waals surface area contributed by atoms with Crippen LogP contribution in [-0.4, -0.2) is 25.2 Å². The first-order chi connectivity index (χ1) is 12.7. The molecule has 6 unspecified atom stereocenters. The predicted molar refractivity (Wildman–Crippen MR) is 91.6 cm³/mol. The van der Waals surface area contributed by atoms with Crippen LogP contribution in [0, 0.1) is 53.3 Å². The van der Waals surface area contributed by atoms with Crippen molar-refractivity contribution in [3.8, 4) is 0 Å². The number of hydrogen-bond donors (Lipinski definition) is 1. The van der Waals surface area contributed by atoms with Gasteiger partial charge in [-0.05, 0) is 59.3 Å². The third-order valence-electron chi connectivity index (χ3n) is 8.09. The molecule has 7 saturated carbocycles. The summed E-state index contributed by atoms with van der Waals surface area (Å²) in [7, 11) is 1.46. The molecule has 0 saturated heterocycles. The quantitative estimate of drug-likeness (QED) is 0.845. The molecule has 0 radical (unpaired) electrons. The van der Waals surface area contributed by atoms with Crippen LogP contribution in [-0.2, 0) is 20.9 Å². The van der Waals surface area contributed by atoms with E-state index in [1.54, 1.807) is 0 Å². The van der Waals surface area contributed by atoms with Crippen molar-refractivity contribution in [3.05, 3.63) is 35.9 Å². The Morgan fingerprint density at radius 3 is 2.31 bits per heavy atom. The third kappa shape index (κ3) is 1.81. The van der Waals surface area contributed by atoms with Crippen LogP contribution in [0.25, 0.3) is 0 Å². The van der Waals surface area contributed by atoms with Gasteiger partial charge in [-0.2, -0.15) is 0 Å². The van der Waals surface area contributed by atoms with Crippen LogP contribution >= 0.6 is 0 Å². The normalized spacial score (nSPS) is 47.7. The number of amides is 1. The number of nitrogens with one attached hydrogen (secondary N) is 1. The lowest BCUT2D eigenvalue weighted by molar-refractivity contribution is -0.154. The average molecular weight is 353 g/mol. The molecule has 1 aromatic carbocycles. The van der Waals surface area contributed by atoms with Gasteiger partial charge in [-0.3, -0.25) is 4.79 Å². The van der Waals surface area contributed by atoms with Crippen molar-refractivity contribution in [1.29, 1.82) is 0 Å². The monoisotopic (exact) mass is 353 g/mol. The lowest BCUT2D eigenvalue weighted by atomic mass is 9.61. The number of methoxy groups -OCH3 is 1. The van der Waals surface area contributed by atoms with Gasteiger partial charge in [-0.1, -0.05) is 30.3 Å². The molecule has 8 bridgehead atoms. The summed E-state index contributed by atoms with van der Waals surface area (Å²) in [6.45, 7) is 0.250. The zero-order valence-corrected chi connectivity index (χ0v) is 14.7. The van der Waals surface area contributed by atoms with Gasteiger partial charge >= 0.3 is 12.1 Å². The van der Waals surface area contributed by atoms with Crippen molar-refractivity contribution in [2.75, 3.05) is 7.11 Å². The van der Waals surface area contributed by atoms with E-state index in [-0.39, 0.29) is 24.5 Å². The number of rotatable bonds is 4. The molecular weight excluding hydrogens is 330 g/mol. The Morgan fingerprint density at radius 1 is 1.00 bits per heavy atom. The van der Waals surface area contributed by atoms with Gasteiger partial charge in [0, 0.05) is 6.04 Å². The number of benzene rings is 1. The minimum atomic E-state index is -0.414. The molecule has 1 amide bonds. The van der Waals surface area contributed by atoms with Gasteiger partial charge in [-0.15, -0.1) is 0 Å². The second-order valence-corrected chi connectivity index (χ2v) is 8.81. The van der Waals surface area contributed by atoms with E-state index < -0.39 is 6.09 Å². The van der Waals surface area contributed by atoms with E-state index in [2.05, 4.69) is 5.32 Å². The maximum absolute atomic E-state index is 12.6. The molecular formula is C21H23NO4. The van der Waals surface area contributed by atoms with Crippen molar-refractivity contribution in [2.24, 2.45) is 53.3 Å². The maximum atomic E-state index is 12.6. The summed E-state index contributed by atoms with van der Waals surface area (Å²) in [5.74, 6) is 4.99. The van der Waals surface area contributed by atoms with Gasteiger partial charge in [-0.25, -0.2) is 4.79 Å². The number of hydrogen-bond acceptors (Lipinski definition) is 4. The summed E-state index contributed by atoms with van der Waals surface area (Å²) in [5, 5.41) is 3.08. The molecule has 8 rings (SSSR count). The molecule has 0 spiro atoms. The van der Waals surface area contributed by atoms with Crippen molar-refractivity contribution in [2.45, 2.75) is 19.1 Å². The summed E-state index contributed by atoms with van der Waals surface area (Å²) in [5.41, 5.74) is 0.961. The van der Waals surface area contributed by atoms with E-state index in [9.17, 15) is 9.59 Å². The SMILES string of the molecule is COC(=O)[C@H]1C2C3C4CC5C(C52)C(C43)[C@@H]1NC(=O)OCc1ccccc1. The number of esters is 1. The van der Waals surface area contributed by atoms with Crippen molar-refractivity contribution >= 4 is 12.1 Å². The average Bonchev–Trinajstić information content (AvgIpc) is 3.58. The first-order valence-corrected chi connectivity index (χ1v) is 9.75. The molecule has 7 aliphatic carbocycles. The van der Waals surface area contributed by atoms with Gasteiger partial charge in [0.2, 0.25) is 0 Å². The molecule has 5 heteroatoms. The van der Waals surface area contributed by atoms with Crippen LogP contribution in [0.2, 0.25) is 0 Å². The number of carbonyl (C=O) groups is 2. The minimum Gasteiger partial charge on any atom is -0.469 e. The lowest BCUT2D eigenvalue weighted by Crippen LogP contribution is -2.58. The topological polar surface area (TPSA) is 64.6 Å². The van der Waals surface area contributed by atoms with Crippen LogP contribution in [0.4, 0.5) is 4.79 Å². The van der Waals surface area contributed by atoms with Gasteiger partial charge in [0.25, 0.3) is 0 Å². The molecule has 8 atom stereocenters. The van der Waals surface area contributed by atoms with Gasteiger partial charge in [0.05, 0.1) is 13.0 Å². The second kappa shape index (κ2) is 5.02. The summed E-state index contributed by atoms with van der Waals surface area (Å²) in [6, 6.07) is 9.54. The third-order valence-corrected chi connectivity index (χ3v) is 8.09. The number of ether oxygens (including phenoxy) is 2. The first-order valence-electron chi connectivity index (χ1n) is 9.75. The Labute approximate surface area is 152 Å². The second-order valence-electron chi connectivity index (χ2n) is 8.81. The molecule has 0 aliphatic heterocycles. The molecule has 1 aromatic rings. The van der Waals surface area contributed by atoms with Crippen molar-refractivity contribution in [1.82, 2.24) is 5.32 Å².